The van der Waals surface area contributed by atoms with Gasteiger partial charge in [0.15, 0.2) is 0 Å². The number of nitrogens with zero attached hydrogens (tertiary/aromatic N) is 2. The molecule has 0 spiro atoms. The molecule has 28 heavy (non-hydrogen) atoms. The predicted molar refractivity (Wildman–Crippen MR) is 120 cm³/mol. The second-order valence-electron chi connectivity index (χ2n) is 6.88. The zero-order chi connectivity index (χ0) is 20.1. The van der Waals surface area contributed by atoms with E-state index in [9.17, 15) is 5.11 Å². The summed E-state index contributed by atoms with van der Waals surface area (Å²) in [6.45, 7) is 1.33. The fraction of sp³-hybridized carbons (Fsp3) is 0.550. The second kappa shape index (κ2) is 10.3. The van der Waals surface area contributed by atoms with Gasteiger partial charge in [0.1, 0.15) is 11.8 Å². The van der Waals surface area contributed by atoms with Gasteiger partial charge in [0.2, 0.25) is 0 Å². The highest BCUT2D eigenvalue weighted by Crippen LogP contribution is 2.47. The van der Waals surface area contributed by atoms with Crippen LogP contribution in [0.25, 0.3) is 10.6 Å². The predicted octanol–water partition coefficient (Wildman–Crippen LogP) is 4.32. The van der Waals surface area contributed by atoms with E-state index in [0.717, 1.165) is 40.4 Å². The smallest absolute Gasteiger partial charge is 0.147 e. The van der Waals surface area contributed by atoms with Gasteiger partial charge in [-0.3, -0.25) is 0 Å². The first-order valence-corrected chi connectivity index (χ1v) is 11.4. The van der Waals surface area contributed by atoms with E-state index >= 15 is 0 Å². The standard InChI is InChI=1S/C20H27IN2O4S/c1-23(2)14-4-5-15(13(10-14)11-24)20-22-18-16(21)6-7-17(19(18)28-20)27-12-26-9-8-25-3/h4-5,10,16-17,24H,6-9,11-12H2,1-3H3. The molecule has 6 nitrogen and oxygen atoms in total. The lowest BCUT2D eigenvalue weighted by molar-refractivity contribution is -0.102. The number of hydrogen-bond acceptors (Lipinski definition) is 7. The van der Waals surface area contributed by atoms with Gasteiger partial charge in [-0.15, -0.1) is 11.3 Å². The highest BCUT2D eigenvalue weighted by molar-refractivity contribution is 14.1. The Morgan fingerprint density at radius 1 is 1.29 bits per heavy atom. The van der Waals surface area contributed by atoms with Gasteiger partial charge in [-0.2, -0.15) is 0 Å². The minimum Gasteiger partial charge on any atom is -0.392 e. The van der Waals surface area contributed by atoms with E-state index in [4.69, 9.17) is 19.2 Å². The molecule has 3 rings (SSSR count). The summed E-state index contributed by atoms with van der Waals surface area (Å²) in [6, 6.07) is 6.14. The highest BCUT2D eigenvalue weighted by atomic mass is 127. The molecule has 1 aliphatic rings. The number of rotatable bonds is 9. The first-order valence-electron chi connectivity index (χ1n) is 9.29. The Kier molecular flexibility index (Phi) is 8.07. The summed E-state index contributed by atoms with van der Waals surface area (Å²) in [6.07, 6.45) is 2.00. The van der Waals surface area contributed by atoms with Gasteiger partial charge < -0.3 is 24.2 Å². The highest BCUT2D eigenvalue weighted by Gasteiger charge is 2.31. The number of methoxy groups -OCH3 is 1. The maximum atomic E-state index is 9.89. The Morgan fingerprint density at radius 3 is 2.82 bits per heavy atom. The molecule has 8 heteroatoms. The third kappa shape index (κ3) is 5.03. The summed E-state index contributed by atoms with van der Waals surface area (Å²) in [4.78, 5) is 8.15. The van der Waals surface area contributed by atoms with Crippen molar-refractivity contribution in [3.8, 4) is 10.6 Å². The number of aliphatic hydroxyl groups is 1. The lowest BCUT2D eigenvalue weighted by atomic mass is 10.00. The minimum absolute atomic E-state index is 0.00781. The van der Waals surface area contributed by atoms with E-state index in [0.29, 0.717) is 17.1 Å². The van der Waals surface area contributed by atoms with Crippen LogP contribution in [-0.2, 0) is 20.8 Å². The summed E-state index contributed by atoms with van der Waals surface area (Å²) in [5.41, 5.74) is 4.05. The number of alkyl halides is 1. The largest absolute Gasteiger partial charge is 0.392 e. The van der Waals surface area contributed by atoms with Gasteiger partial charge in [-0.25, -0.2) is 4.98 Å². The summed E-state index contributed by atoms with van der Waals surface area (Å²) >= 11 is 4.13. The second-order valence-corrected chi connectivity index (χ2v) is 9.42. The molecular weight excluding hydrogens is 491 g/mol. The molecule has 154 valence electrons. The molecule has 1 heterocycles. The molecule has 1 aromatic heterocycles. The molecule has 1 aromatic carbocycles. The van der Waals surface area contributed by atoms with Gasteiger partial charge in [0.25, 0.3) is 0 Å². The first kappa shape index (κ1) is 21.9. The molecule has 0 fully saturated rings. The van der Waals surface area contributed by atoms with E-state index < -0.39 is 0 Å². The maximum absolute atomic E-state index is 9.89. The molecule has 2 unspecified atom stereocenters. The third-order valence-corrected chi connectivity index (χ3v) is 7.15. The number of fused-ring (bicyclic) bond motifs is 1. The summed E-state index contributed by atoms with van der Waals surface area (Å²) < 4.78 is 16.8. The number of halogens is 1. The van der Waals surface area contributed by atoms with Crippen molar-refractivity contribution in [2.75, 3.05) is 46.1 Å². The van der Waals surface area contributed by atoms with Gasteiger partial charge in [0, 0.05) is 32.5 Å². The number of aliphatic hydroxyl groups excluding tert-OH is 1. The van der Waals surface area contributed by atoms with E-state index in [-0.39, 0.29) is 19.5 Å². The van der Waals surface area contributed by atoms with Crippen LogP contribution < -0.4 is 4.90 Å². The normalized spacial score (nSPS) is 18.9. The minimum atomic E-state index is -0.0117. The number of hydrogen-bond donors (Lipinski definition) is 1. The number of benzene rings is 1. The van der Waals surface area contributed by atoms with Crippen molar-refractivity contribution in [2.24, 2.45) is 0 Å². The fourth-order valence-electron chi connectivity index (χ4n) is 3.17. The average molecular weight is 518 g/mol. The van der Waals surface area contributed by atoms with Gasteiger partial charge in [-0.1, -0.05) is 22.6 Å². The Labute approximate surface area is 184 Å². The molecule has 0 amide bonds. The number of ether oxygens (including phenoxy) is 3. The van der Waals surface area contributed by atoms with Crippen molar-refractivity contribution < 1.29 is 19.3 Å². The van der Waals surface area contributed by atoms with Crippen LogP contribution in [0.4, 0.5) is 5.69 Å². The van der Waals surface area contributed by atoms with Crippen LogP contribution in [0.1, 0.15) is 39.0 Å². The zero-order valence-corrected chi connectivity index (χ0v) is 19.5. The topological polar surface area (TPSA) is 64.0 Å². The van der Waals surface area contributed by atoms with E-state index in [2.05, 4.69) is 34.7 Å². The van der Waals surface area contributed by atoms with Gasteiger partial charge in [0.05, 0.1) is 40.4 Å². The van der Waals surface area contributed by atoms with E-state index in [1.54, 1.807) is 18.4 Å². The first-order chi connectivity index (χ1) is 13.5. The Bertz CT molecular complexity index is 784. The Balaban J connectivity index is 1.83. The van der Waals surface area contributed by atoms with Crippen LogP contribution in [0, 0.1) is 0 Å². The van der Waals surface area contributed by atoms with Crippen LogP contribution >= 0.6 is 33.9 Å². The molecule has 2 atom stereocenters. The van der Waals surface area contributed by atoms with Crippen molar-refractivity contribution in [3.63, 3.8) is 0 Å². The molecule has 0 saturated heterocycles. The lowest BCUT2D eigenvalue weighted by Gasteiger charge is -2.24. The van der Waals surface area contributed by atoms with Crippen molar-refractivity contribution in [1.29, 1.82) is 0 Å². The van der Waals surface area contributed by atoms with Crippen LogP contribution in [0.3, 0.4) is 0 Å². The monoisotopic (exact) mass is 518 g/mol. The molecule has 0 saturated carbocycles. The fourth-order valence-corrected chi connectivity index (χ4v) is 5.48. The maximum Gasteiger partial charge on any atom is 0.147 e. The van der Waals surface area contributed by atoms with Crippen LogP contribution in [0.2, 0.25) is 0 Å². The molecular formula is C20H27IN2O4S. The number of thiazole rings is 1. The van der Waals surface area contributed by atoms with Crippen molar-refractivity contribution in [3.05, 3.63) is 34.3 Å². The number of anilines is 1. The molecule has 2 aromatic rings. The molecule has 1 aliphatic carbocycles. The number of aromatic nitrogens is 1. The quantitative estimate of drug-likeness (QED) is 0.231. The Hall–Kier alpha value is -0.780. The Morgan fingerprint density at radius 2 is 2.11 bits per heavy atom. The van der Waals surface area contributed by atoms with Crippen LogP contribution in [-0.4, -0.2) is 51.3 Å². The average Bonchev–Trinajstić information content (AvgIpc) is 3.15. The summed E-state index contributed by atoms with van der Waals surface area (Å²) in [5.74, 6) is 0. The van der Waals surface area contributed by atoms with Crippen molar-refractivity contribution >= 4 is 39.6 Å². The van der Waals surface area contributed by atoms with Crippen LogP contribution in [0.15, 0.2) is 18.2 Å². The van der Waals surface area contributed by atoms with Crippen LogP contribution in [0.5, 0.6) is 0 Å². The van der Waals surface area contributed by atoms with Gasteiger partial charge in [-0.05, 0) is 36.6 Å². The molecule has 1 N–H and O–H groups in total. The third-order valence-electron chi connectivity index (χ3n) is 4.74. The molecule has 0 aliphatic heterocycles. The van der Waals surface area contributed by atoms with Crippen molar-refractivity contribution in [2.45, 2.75) is 29.5 Å². The van der Waals surface area contributed by atoms with E-state index in [1.807, 2.05) is 25.1 Å². The SMILES string of the molecule is COCCOCOC1CCC(I)c2nc(-c3ccc(N(C)C)cc3CO)sc21. The van der Waals surface area contributed by atoms with Crippen molar-refractivity contribution in [1.82, 2.24) is 4.98 Å². The summed E-state index contributed by atoms with van der Waals surface area (Å²) in [5, 5.41) is 10.8. The van der Waals surface area contributed by atoms with Gasteiger partial charge >= 0.3 is 0 Å². The lowest BCUT2D eigenvalue weighted by Crippen LogP contribution is -2.15. The zero-order valence-electron chi connectivity index (χ0n) is 16.5. The molecule has 0 bridgehead atoms. The van der Waals surface area contributed by atoms with E-state index in [1.165, 1.54) is 4.88 Å². The molecule has 0 radical (unpaired) electrons. The summed E-state index contributed by atoms with van der Waals surface area (Å²) in [7, 11) is 5.65.